The van der Waals surface area contributed by atoms with Crippen LogP contribution in [0.5, 0.6) is 0 Å². The highest BCUT2D eigenvalue weighted by Gasteiger charge is 2.24. The molecule has 1 aliphatic carbocycles. The molecule has 0 radical (unpaired) electrons. The summed E-state index contributed by atoms with van der Waals surface area (Å²) in [7, 11) is 0. The van der Waals surface area contributed by atoms with Crippen LogP contribution in [0.15, 0.2) is 34.2 Å². The first-order chi connectivity index (χ1) is 11.8. The Kier molecular flexibility index (Phi) is 5.18. The van der Waals surface area contributed by atoms with Gasteiger partial charge in [-0.15, -0.1) is 0 Å². The fourth-order valence-corrected chi connectivity index (χ4v) is 4.05. The van der Waals surface area contributed by atoms with Gasteiger partial charge in [0.05, 0.1) is 16.7 Å². The van der Waals surface area contributed by atoms with Crippen LogP contribution in [0.2, 0.25) is 0 Å². The molecule has 5 nitrogen and oxygen atoms in total. The summed E-state index contributed by atoms with van der Waals surface area (Å²) < 4.78 is 7.16. The van der Waals surface area contributed by atoms with E-state index >= 15 is 0 Å². The zero-order valence-corrected chi connectivity index (χ0v) is 15.8. The molecule has 0 amide bonds. The molecule has 0 N–H and O–H groups in total. The zero-order valence-electron chi connectivity index (χ0n) is 14.9. The Labute approximate surface area is 151 Å². The van der Waals surface area contributed by atoms with Crippen molar-refractivity contribution in [1.29, 1.82) is 0 Å². The van der Waals surface area contributed by atoms with Crippen LogP contribution in [0.1, 0.15) is 52.5 Å². The molecule has 134 valence electrons. The van der Waals surface area contributed by atoms with Crippen LogP contribution < -0.4 is 5.56 Å². The number of benzene rings is 1. The van der Waals surface area contributed by atoms with E-state index in [4.69, 9.17) is 4.74 Å². The Morgan fingerprint density at radius 1 is 1.28 bits per heavy atom. The van der Waals surface area contributed by atoms with Crippen LogP contribution in [0.25, 0.3) is 10.9 Å². The van der Waals surface area contributed by atoms with Gasteiger partial charge in [-0.3, -0.25) is 14.2 Å². The lowest BCUT2D eigenvalue weighted by Crippen LogP contribution is -2.28. The van der Waals surface area contributed by atoms with E-state index in [9.17, 15) is 9.59 Å². The monoisotopic (exact) mass is 360 g/mol. The molecule has 1 fully saturated rings. The molecular weight excluding hydrogens is 336 g/mol. The van der Waals surface area contributed by atoms with Gasteiger partial charge in [0, 0.05) is 6.04 Å². The number of carbonyl (C=O) groups excluding carboxylic acids is 1. The van der Waals surface area contributed by atoms with Gasteiger partial charge < -0.3 is 4.74 Å². The van der Waals surface area contributed by atoms with Crippen molar-refractivity contribution in [1.82, 2.24) is 9.55 Å². The number of para-hydroxylation sites is 1. The number of hydrogen-bond donors (Lipinski definition) is 0. The zero-order chi connectivity index (χ0) is 18.0. The summed E-state index contributed by atoms with van der Waals surface area (Å²) in [6.45, 7) is 5.54. The predicted octanol–water partition coefficient (Wildman–Crippen LogP) is 3.95. The highest BCUT2D eigenvalue weighted by molar-refractivity contribution is 7.99. The molecule has 1 heterocycles. The second-order valence-corrected chi connectivity index (χ2v) is 8.34. The third-order valence-corrected chi connectivity index (χ3v) is 5.13. The van der Waals surface area contributed by atoms with Crippen LogP contribution in [-0.2, 0) is 9.53 Å². The summed E-state index contributed by atoms with van der Waals surface area (Å²) in [6.07, 6.45) is 4.22. The number of ether oxygens (including phenoxy) is 1. The van der Waals surface area contributed by atoms with Crippen molar-refractivity contribution in [2.75, 3.05) is 5.75 Å². The number of thioether (sulfide) groups is 1. The van der Waals surface area contributed by atoms with Gasteiger partial charge in [0.1, 0.15) is 5.60 Å². The number of nitrogens with zero attached hydrogens (tertiary/aromatic N) is 2. The summed E-state index contributed by atoms with van der Waals surface area (Å²) in [6, 6.07) is 7.56. The average Bonchev–Trinajstić information content (AvgIpc) is 3.05. The molecular formula is C19H24N2O3S. The Hall–Kier alpha value is -1.82. The lowest BCUT2D eigenvalue weighted by Gasteiger charge is -2.21. The van der Waals surface area contributed by atoms with Gasteiger partial charge in [0.15, 0.2) is 5.16 Å². The largest absolute Gasteiger partial charge is 0.459 e. The lowest BCUT2D eigenvalue weighted by molar-refractivity contribution is -0.151. The van der Waals surface area contributed by atoms with Crippen LogP contribution in [0, 0.1) is 0 Å². The van der Waals surface area contributed by atoms with Gasteiger partial charge in [-0.25, -0.2) is 4.98 Å². The molecule has 0 spiro atoms. The number of rotatable bonds is 4. The van der Waals surface area contributed by atoms with Gasteiger partial charge >= 0.3 is 5.97 Å². The predicted molar refractivity (Wildman–Crippen MR) is 100 cm³/mol. The number of hydrogen-bond acceptors (Lipinski definition) is 5. The summed E-state index contributed by atoms with van der Waals surface area (Å²) in [4.78, 5) is 29.7. The van der Waals surface area contributed by atoms with Crippen LogP contribution in [-0.4, -0.2) is 26.9 Å². The molecule has 1 aliphatic rings. The highest BCUT2D eigenvalue weighted by Crippen LogP contribution is 2.32. The quantitative estimate of drug-likeness (QED) is 0.469. The number of esters is 1. The Balaban J connectivity index is 1.93. The third-order valence-electron chi connectivity index (χ3n) is 4.20. The Morgan fingerprint density at radius 2 is 1.96 bits per heavy atom. The van der Waals surface area contributed by atoms with E-state index in [2.05, 4.69) is 4.98 Å². The maximum Gasteiger partial charge on any atom is 0.316 e. The number of aromatic nitrogens is 2. The van der Waals surface area contributed by atoms with Crippen molar-refractivity contribution < 1.29 is 9.53 Å². The number of carbonyl (C=O) groups is 1. The second-order valence-electron chi connectivity index (χ2n) is 7.40. The van der Waals surface area contributed by atoms with E-state index in [1.807, 2.05) is 45.0 Å². The standard InChI is InChI=1S/C19H24N2O3S/c1-19(2,3)24-16(22)12-25-18-20-15-11-7-6-10-14(15)17(23)21(18)13-8-4-5-9-13/h6-7,10-11,13H,4-5,8-9,12H2,1-3H3. The van der Waals surface area contributed by atoms with E-state index in [-0.39, 0.29) is 23.3 Å². The molecule has 0 bridgehead atoms. The fourth-order valence-electron chi connectivity index (χ4n) is 3.21. The first-order valence-electron chi connectivity index (χ1n) is 8.71. The van der Waals surface area contributed by atoms with Crippen LogP contribution in [0.4, 0.5) is 0 Å². The van der Waals surface area contributed by atoms with E-state index in [1.165, 1.54) is 11.8 Å². The molecule has 1 saturated carbocycles. The van der Waals surface area contributed by atoms with E-state index in [1.54, 1.807) is 4.57 Å². The second kappa shape index (κ2) is 7.20. The van der Waals surface area contributed by atoms with Crippen LogP contribution in [0.3, 0.4) is 0 Å². The third kappa shape index (κ3) is 4.24. The normalized spacial score (nSPS) is 15.6. The van der Waals surface area contributed by atoms with Crippen molar-refractivity contribution >= 4 is 28.6 Å². The van der Waals surface area contributed by atoms with Crippen molar-refractivity contribution in [2.45, 2.75) is 63.3 Å². The maximum absolute atomic E-state index is 13.0. The van der Waals surface area contributed by atoms with Gasteiger partial charge in [-0.2, -0.15) is 0 Å². The molecule has 0 aliphatic heterocycles. The molecule has 25 heavy (non-hydrogen) atoms. The lowest BCUT2D eigenvalue weighted by atomic mass is 10.2. The molecule has 3 rings (SSSR count). The average molecular weight is 360 g/mol. The van der Waals surface area contributed by atoms with E-state index < -0.39 is 5.60 Å². The van der Waals surface area contributed by atoms with E-state index in [0.717, 1.165) is 25.7 Å². The Morgan fingerprint density at radius 3 is 2.64 bits per heavy atom. The molecule has 1 aromatic heterocycles. The summed E-state index contributed by atoms with van der Waals surface area (Å²) >= 11 is 1.29. The maximum atomic E-state index is 13.0. The topological polar surface area (TPSA) is 61.2 Å². The minimum Gasteiger partial charge on any atom is -0.459 e. The van der Waals surface area contributed by atoms with Gasteiger partial charge in [-0.1, -0.05) is 36.7 Å². The first kappa shape index (κ1) is 18.0. The van der Waals surface area contributed by atoms with Crippen molar-refractivity contribution in [3.8, 4) is 0 Å². The summed E-state index contributed by atoms with van der Waals surface area (Å²) in [5.41, 5.74) is 0.150. The Bertz CT molecular complexity index is 833. The smallest absolute Gasteiger partial charge is 0.316 e. The van der Waals surface area contributed by atoms with Gasteiger partial charge in [0.2, 0.25) is 0 Å². The molecule has 0 unspecified atom stereocenters. The molecule has 2 aromatic rings. The molecule has 0 atom stereocenters. The fraction of sp³-hybridized carbons (Fsp3) is 0.526. The molecule has 0 saturated heterocycles. The molecule has 6 heteroatoms. The van der Waals surface area contributed by atoms with Crippen LogP contribution >= 0.6 is 11.8 Å². The van der Waals surface area contributed by atoms with Gasteiger partial charge in [-0.05, 0) is 45.7 Å². The number of fused-ring (bicyclic) bond motifs is 1. The summed E-state index contributed by atoms with van der Waals surface area (Å²) in [5, 5.41) is 1.25. The SMILES string of the molecule is CC(C)(C)OC(=O)CSc1nc2ccccc2c(=O)n1C1CCCC1. The first-order valence-corrected chi connectivity index (χ1v) is 9.69. The minimum absolute atomic E-state index is 0.0100. The van der Waals surface area contributed by atoms with Crippen molar-refractivity contribution in [3.05, 3.63) is 34.6 Å². The highest BCUT2D eigenvalue weighted by atomic mass is 32.2. The van der Waals surface area contributed by atoms with Crippen molar-refractivity contribution in [3.63, 3.8) is 0 Å². The van der Waals surface area contributed by atoms with Gasteiger partial charge in [0.25, 0.3) is 5.56 Å². The molecule has 1 aromatic carbocycles. The summed E-state index contributed by atoms with van der Waals surface area (Å²) in [5.74, 6) is -0.146. The van der Waals surface area contributed by atoms with Crippen molar-refractivity contribution in [2.24, 2.45) is 0 Å². The van der Waals surface area contributed by atoms with E-state index in [0.29, 0.717) is 16.1 Å². The minimum atomic E-state index is -0.514.